The van der Waals surface area contributed by atoms with Crippen molar-refractivity contribution in [1.82, 2.24) is 0 Å². The summed E-state index contributed by atoms with van der Waals surface area (Å²) >= 11 is 0. The summed E-state index contributed by atoms with van der Waals surface area (Å²) in [7, 11) is 1.57. The minimum absolute atomic E-state index is 0.000105. The van der Waals surface area contributed by atoms with Gasteiger partial charge in [-0.25, -0.2) is 0 Å². The molecular formula is C20H20O5. The first-order valence-corrected chi connectivity index (χ1v) is 7.99. The molecule has 0 bridgehead atoms. The summed E-state index contributed by atoms with van der Waals surface area (Å²) in [6.45, 7) is 6.07. The van der Waals surface area contributed by atoms with Crippen LogP contribution < -0.4 is 18.9 Å². The maximum Gasteiger partial charge on any atom is 0.231 e. The van der Waals surface area contributed by atoms with Crippen molar-refractivity contribution >= 4 is 5.78 Å². The zero-order valence-electron chi connectivity index (χ0n) is 14.3. The third-order valence-electron chi connectivity index (χ3n) is 4.09. The van der Waals surface area contributed by atoms with Crippen LogP contribution in [-0.4, -0.2) is 26.3 Å². The SMILES string of the molecule is C=CCOc1ccc(C(C)C(=O)c2ccc3c(c2)OCO3)cc1OC. The number of fused-ring (bicyclic) bond motifs is 1. The molecule has 2 aromatic rings. The fourth-order valence-corrected chi connectivity index (χ4v) is 2.67. The number of benzene rings is 2. The van der Waals surface area contributed by atoms with E-state index in [9.17, 15) is 4.79 Å². The molecule has 3 rings (SSSR count). The van der Waals surface area contributed by atoms with Crippen LogP contribution in [0.1, 0.15) is 28.8 Å². The van der Waals surface area contributed by atoms with Crippen LogP contribution in [0.2, 0.25) is 0 Å². The first-order valence-electron chi connectivity index (χ1n) is 7.99. The molecule has 1 aliphatic rings. The van der Waals surface area contributed by atoms with Gasteiger partial charge in [-0.1, -0.05) is 25.6 Å². The van der Waals surface area contributed by atoms with Crippen LogP contribution in [0.5, 0.6) is 23.0 Å². The number of carbonyl (C=O) groups is 1. The molecule has 0 N–H and O–H groups in total. The molecule has 0 aliphatic carbocycles. The molecule has 0 amide bonds. The lowest BCUT2D eigenvalue weighted by Crippen LogP contribution is -2.10. The minimum Gasteiger partial charge on any atom is -0.493 e. The number of hydrogen-bond acceptors (Lipinski definition) is 5. The summed E-state index contributed by atoms with van der Waals surface area (Å²) in [6, 6.07) is 10.7. The van der Waals surface area contributed by atoms with Crippen LogP contribution in [0.25, 0.3) is 0 Å². The van der Waals surface area contributed by atoms with Crippen LogP contribution in [0.4, 0.5) is 0 Å². The number of methoxy groups -OCH3 is 1. The van der Waals surface area contributed by atoms with Gasteiger partial charge in [0.15, 0.2) is 28.8 Å². The third kappa shape index (κ3) is 3.45. The second kappa shape index (κ2) is 7.30. The van der Waals surface area contributed by atoms with Crippen molar-refractivity contribution in [3.8, 4) is 23.0 Å². The average Bonchev–Trinajstić information content (AvgIpc) is 3.12. The molecule has 1 unspecified atom stereocenters. The van der Waals surface area contributed by atoms with Crippen molar-refractivity contribution in [2.45, 2.75) is 12.8 Å². The zero-order valence-corrected chi connectivity index (χ0v) is 14.3. The minimum atomic E-state index is -0.331. The maximum absolute atomic E-state index is 12.8. The van der Waals surface area contributed by atoms with Gasteiger partial charge in [-0.15, -0.1) is 0 Å². The van der Waals surface area contributed by atoms with Crippen LogP contribution >= 0.6 is 0 Å². The van der Waals surface area contributed by atoms with Gasteiger partial charge in [-0.3, -0.25) is 4.79 Å². The van der Waals surface area contributed by atoms with Crippen LogP contribution in [0.15, 0.2) is 49.1 Å². The second-order valence-electron chi connectivity index (χ2n) is 5.66. The molecule has 130 valence electrons. The van der Waals surface area contributed by atoms with Crippen molar-refractivity contribution in [3.05, 3.63) is 60.2 Å². The number of Topliss-reactive ketones (excluding diaryl/α,β-unsaturated/α-hetero) is 1. The zero-order chi connectivity index (χ0) is 17.8. The first-order chi connectivity index (χ1) is 12.1. The van der Waals surface area contributed by atoms with E-state index < -0.39 is 0 Å². The topological polar surface area (TPSA) is 54.0 Å². The Balaban J connectivity index is 1.83. The third-order valence-corrected chi connectivity index (χ3v) is 4.09. The Kier molecular flexibility index (Phi) is 4.93. The lowest BCUT2D eigenvalue weighted by molar-refractivity contribution is 0.0965. The van der Waals surface area contributed by atoms with E-state index in [1.807, 2.05) is 19.1 Å². The molecule has 0 fully saturated rings. The molecule has 1 atom stereocenters. The number of rotatable bonds is 7. The molecule has 5 heteroatoms. The number of ketones is 1. The van der Waals surface area contributed by atoms with E-state index in [-0.39, 0.29) is 18.5 Å². The van der Waals surface area contributed by atoms with Gasteiger partial charge in [0.1, 0.15) is 6.61 Å². The van der Waals surface area contributed by atoms with Crippen molar-refractivity contribution < 1.29 is 23.7 Å². The highest BCUT2D eigenvalue weighted by molar-refractivity contribution is 6.01. The predicted molar refractivity (Wildman–Crippen MR) is 94.0 cm³/mol. The Morgan fingerprint density at radius 1 is 1.20 bits per heavy atom. The van der Waals surface area contributed by atoms with Gasteiger partial charge in [-0.05, 0) is 35.9 Å². The molecule has 0 saturated carbocycles. The van der Waals surface area contributed by atoms with Crippen molar-refractivity contribution in [3.63, 3.8) is 0 Å². The molecule has 0 aromatic heterocycles. The summed E-state index contributed by atoms with van der Waals surface area (Å²) in [5.41, 5.74) is 1.44. The summed E-state index contributed by atoms with van der Waals surface area (Å²) in [6.07, 6.45) is 1.67. The Bertz CT molecular complexity index is 797. The van der Waals surface area contributed by atoms with Crippen molar-refractivity contribution in [1.29, 1.82) is 0 Å². The van der Waals surface area contributed by atoms with Gasteiger partial charge in [0.25, 0.3) is 0 Å². The predicted octanol–water partition coefficient (Wildman–Crippen LogP) is 3.98. The summed E-state index contributed by atoms with van der Waals surface area (Å²) in [5, 5.41) is 0. The Hall–Kier alpha value is -2.95. The Morgan fingerprint density at radius 3 is 2.76 bits per heavy atom. The van der Waals surface area contributed by atoms with E-state index in [1.54, 1.807) is 37.5 Å². The lowest BCUT2D eigenvalue weighted by Gasteiger charge is -2.15. The van der Waals surface area contributed by atoms with Gasteiger partial charge in [0, 0.05) is 11.5 Å². The largest absolute Gasteiger partial charge is 0.493 e. The standard InChI is InChI=1S/C20H20O5/c1-4-9-23-16-7-5-14(10-18(16)22-3)13(2)20(21)15-6-8-17-19(11-15)25-12-24-17/h4-8,10-11,13H,1,9,12H2,2-3H3. The number of hydrogen-bond donors (Lipinski definition) is 0. The van der Waals surface area contributed by atoms with Crippen molar-refractivity contribution in [2.75, 3.05) is 20.5 Å². The molecule has 0 saturated heterocycles. The summed E-state index contributed by atoms with van der Waals surface area (Å²) < 4.78 is 21.5. The van der Waals surface area contributed by atoms with Crippen LogP contribution in [-0.2, 0) is 0 Å². The van der Waals surface area contributed by atoms with Crippen LogP contribution in [0, 0.1) is 0 Å². The fraction of sp³-hybridized carbons (Fsp3) is 0.250. The van der Waals surface area contributed by atoms with Crippen LogP contribution in [0.3, 0.4) is 0 Å². The quantitative estimate of drug-likeness (QED) is 0.564. The highest BCUT2D eigenvalue weighted by atomic mass is 16.7. The first kappa shape index (κ1) is 16.9. The second-order valence-corrected chi connectivity index (χ2v) is 5.66. The normalized spacial score (nSPS) is 13.2. The van der Waals surface area contributed by atoms with Gasteiger partial charge >= 0.3 is 0 Å². The molecule has 1 aliphatic heterocycles. The van der Waals surface area contributed by atoms with Gasteiger partial charge in [0.05, 0.1) is 7.11 Å². The highest BCUT2D eigenvalue weighted by Gasteiger charge is 2.22. The molecule has 0 spiro atoms. The van der Waals surface area contributed by atoms with E-state index in [0.29, 0.717) is 35.2 Å². The highest BCUT2D eigenvalue weighted by Crippen LogP contribution is 2.35. The molecule has 0 radical (unpaired) electrons. The smallest absolute Gasteiger partial charge is 0.231 e. The van der Waals surface area contributed by atoms with E-state index >= 15 is 0 Å². The summed E-state index contributed by atoms with van der Waals surface area (Å²) in [4.78, 5) is 12.8. The fourth-order valence-electron chi connectivity index (χ4n) is 2.67. The molecule has 25 heavy (non-hydrogen) atoms. The number of carbonyl (C=O) groups excluding carboxylic acids is 1. The van der Waals surface area contributed by atoms with Crippen molar-refractivity contribution in [2.24, 2.45) is 0 Å². The maximum atomic E-state index is 12.8. The molecule has 5 nitrogen and oxygen atoms in total. The molecule has 2 aromatic carbocycles. The average molecular weight is 340 g/mol. The van der Waals surface area contributed by atoms with E-state index in [0.717, 1.165) is 5.56 Å². The lowest BCUT2D eigenvalue weighted by atomic mass is 9.92. The van der Waals surface area contributed by atoms with Gasteiger partial charge < -0.3 is 18.9 Å². The van der Waals surface area contributed by atoms with E-state index in [4.69, 9.17) is 18.9 Å². The Labute approximate surface area is 146 Å². The Morgan fingerprint density at radius 2 is 2.00 bits per heavy atom. The molecule has 1 heterocycles. The van der Waals surface area contributed by atoms with E-state index in [1.165, 1.54) is 0 Å². The summed E-state index contributed by atoms with van der Waals surface area (Å²) in [5.74, 6) is 2.14. The van der Waals surface area contributed by atoms with E-state index in [2.05, 4.69) is 6.58 Å². The monoisotopic (exact) mass is 340 g/mol. The number of ether oxygens (including phenoxy) is 4. The van der Waals surface area contributed by atoms with Gasteiger partial charge in [-0.2, -0.15) is 0 Å². The molecular weight excluding hydrogens is 320 g/mol. The van der Waals surface area contributed by atoms with Gasteiger partial charge in [0.2, 0.25) is 6.79 Å².